The molecular formula is C10H14N4OS. The van der Waals surface area contributed by atoms with Crippen molar-refractivity contribution >= 4 is 11.3 Å². The summed E-state index contributed by atoms with van der Waals surface area (Å²) < 4.78 is 4.65. The van der Waals surface area contributed by atoms with Crippen molar-refractivity contribution in [2.45, 2.75) is 26.8 Å². The number of nitrogens with zero attached hydrogens (tertiary/aromatic N) is 3. The molecule has 2 rings (SSSR count). The Morgan fingerprint density at radius 3 is 2.94 bits per heavy atom. The van der Waals surface area contributed by atoms with Gasteiger partial charge >= 0.3 is 0 Å². The molecule has 0 saturated heterocycles. The van der Waals surface area contributed by atoms with Gasteiger partial charge in [0.15, 0.2) is 5.82 Å². The normalized spacial score (nSPS) is 10.9. The summed E-state index contributed by atoms with van der Waals surface area (Å²) in [6.07, 6.45) is 2.13. The third kappa shape index (κ3) is 2.86. The number of hydrogen-bond donors (Lipinski definition) is 1. The Labute approximate surface area is 97.9 Å². The minimum Gasteiger partial charge on any atom is -0.343 e. The highest BCUT2D eigenvalue weighted by atomic mass is 32.1. The lowest BCUT2D eigenvalue weighted by molar-refractivity contribution is 0.409. The number of hydrogen-bond acceptors (Lipinski definition) is 6. The average Bonchev–Trinajstić information content (AvgIpc) is 2.85. The van der Waals surface area contributed by atoms with Crippen molar-refractivity contribution in [3.8, 4) is 0 Å². The van der Waals surface area contributed by atoms with Gasteiger partial charge in [-0.15, -0.1) is 11.3 Å². The number of nitrogens with one attached hydrogen (secondary N) is 1. The molecular weight excluding hydrogens is 224 g/mol. The number of aromatic nitrogens is 3. The van der Waals surface area contributed by atoms with E-state index in [1.54, 1.807) is 11.3 Å². The van der Waals surface area contributed by atoms with E-state index in [0.29, 0.717) is 0 Å². The van der Waals surface area contributed by atoms with E-state index in [4.69, 9.17) is 0 Å². The summed E-state index contributed by atoms with van der Waals surface area (Å²) in [6, 6.07) is 0. The van der Waals surface area contributed by atoms with Gasteiger partial charge in [-0.2, -0.15) is 4.98 Å². The molecule has 0 unspecified atom stereocenters. The van der Waals surface area contributed by atoms with Crippen molar-refractivity contribution in [1.82, 2.24) is 20.4 Å². The molecule has 0 atom stereocenters. The molecule has 2 heterocycles. The van der Waals surface area contributed by atoms with E-state index in [0.717, 1.165) is 36.0 Å². The van der Waals surface area contributed by atoms with Crippen molar-refractivity contribution in [3.63, 3.8) is 0 Å². The molecule has 2 aromatic rings. The Morgan fingerprint density at radius 1 is 1.44 bits per heavy atom. The minimum atomic E-state index is 0.735. The first-order valence-electron chi connectivity index (χ1n) is 5.14. The van der Waals surface area contributed by atoms with Crippen molar-refractivity contribution in [1.29, 1.82) is 0 Å². The maximum atomic E-state index is 4.65. The van der Waals surface area contributed by atoms with Gasteiger partial charge in [-0.3, -0.25) is 0 Å². The fourth-order valence-electron chi connectivity index (χ4n) is 1.31. The van der Waals surface area contributed by atoms with E-state index in [2.05, 4.69) is 31.9 Å². The average molecular weight is 238 g/mol. The summed E-state index contributed by atoms with van der Waals surface area (Å²) in [4.78, 5) is 9.69. The van der Waals surface area contributed by atoms with Crippen molar-refractivity contribution < 1.29 is 4.52 Å². The van der Waals surface area contributed by atoms with Crippen LogP contribution in [0.1, 0.15) is 21.4 Å². The Bertz CT molecular complexity index is 418. The van der Waals surface area contributed by atoms with Crippen molar-refractivity contribution in [2.75, 3.05) is 6.54 Å². The molecule has 6 heteroatoms. The second kappa shape index (κ2) is 5.18. The van der Waals surface area contributed by atoms with Gasteiger partial charge in [-0.1, -0.05) is 5.16 Å². The van der Waals surface area contributed by atoms with Crippen molar-refractivity contribution in [3.05, 3.63) is 27.8 Å². The molecule has 0 spiro atoms. The van der Waals surface area contributed by atoms with E-state index in [1.165, 1.54) is 11.3 Å². The Balaban J connectivity index is 1.72. The van der Waals surface area contributed by atoms with Gasteiger partial charge in [-0.05, 0) is 13.8 Å². The number of thiazole rings is 1. The summed E-state index contributed by atoms with van der Waals surface area (Å²) in [7, 11) is 0. The van der Waals surface area contributed by atoms with Crippen LogP contribution >= 0.6 is 11.3 Å². The van der Waals surface area contributed by atoms with Gasteiger partial charge in [0.1, 0.15) is 5.01 Å². The van der Waals surface area contributed by atoms with Gasteiger partial charge in [0.25, 0.3) is 0 Å². The summed E-state index contributed by atoms with van der Waals surface area (Å²) in [5, 5.41) is 8.17. The molecule has 0 radical (unpaired) electrons. The monoisotopic (exact) mass is 238 g/mol. The lowest BCUT2D eigenvalue weighted by Gasteiger charge is -1.98. The van der Waals surface area contributed by atoms with Crippen LogP contribution in [0.3, 0.4) is 0 Å². The molecule has 0 fully saturated rings. The molecule has 0 aromatic carbocycles. The van der Waals surface area contributed by atoms with Crippen LogP contribution in [0, 0.1) is 13.8 Å². The largest absolute Gasteiger partial charge is 0.343 e. The molecule has 1 N–H and O–H groups in total. The Morgan fingerprint density at radius 2 is 2.31 bits per heavy atom. The molecule has 0 bridgehead atoms. The molecule has 0 amide bonds. The molecule has 86 valence electrons. The highest BCUT2D eigenvalue weighted by Gasteiger charge is 2.03. The highest BCUT2D eigenvalue weighted by molar-refractivity contribution is 7.11. The summed E-state index contributed by atoms with van der Waals surface area (Å²) in [6.45, 7) is 5.76. The minimum absolute atomic E-state index is 0.735. The van der Waals surface area contributed by atoms with Crippen LogP contribution in [-0.2, 0) is 13.0 Å². The smallest absolute Gasteiger partial charge is 0.213 e. The van der Waals surface area contributed by atoms with E-state index < -0.39 is 0 Å². The fourth-order valence-corrected chi connectivity index (χ4v) is 2.22. The van der Waals surface area contributed by atoms with Crippen LogP contribution in [0.25, 0.3) is 0 Å². The van der Waals surface area contributed by atoms with E-state index >= 15 is 0 Å². The predicted molar refractivity (Wildman–Crippen MR) is 61.3 cm³/mol. The summed E-state index contributed by atoms with van der Waals surface area (Å²) in [5.74, 6) is 0.735. The zero-order chi connectivity index (χ0) is 11.4. The first kappa shape index (κ1) is 11.2. The maximum absolute atomic E-state index is 4.65. The van der Waals surface area contributed by atoms with Crippen LogP contribution in [0.5, 0.6) is 0 Å². The van der Waals surface area contributed by atoms with E-state index in [-0.39, 0.29) is 0 Å². The fraction of sp³-hybridized carbons (Fsp3) is 0.500. The Kier molecular flexibility index (Phi) is 3.63. The van der Waals surface area contributed by atoms with Gasteiger partial charge in [0, 0.05) is 24.4 Å². The third-order valence-corrected chi connectivity index (χ3v) is 3.35. The molecule has 16 heavy (non-hydrogen) atoms. The zero-order valence-electron chi connectivity index (χ0n) is 9.36. The molecule has 0 aliphatic heterocycles. The molecule has 0 aliphatic rings. The molecule has 2 aromatic heterocycles. The molecule has 5 nitrogen and oxygen atoms in total. The maximum Gasteiger partial charge on any atom is 0.213 e. The predicted octanol–water partition coefficient (Wildman–Crippen LogP) is 1.48. The van der Waals surface area contributed by atoms with Crippen LogP contribution in [-0.4, -0.2) is 21.7 Å². The summed E-state index contributed by atoms with van der Waals surface area (Å²) in [5.41, 5.74) is 1.12. The second-order valence-electron chi connectivity index (χ2n) is 3.52. The van der Waals surface area contributed by atoms with Crippen molar-refractivity contribution in [2.24, 2.45) is 0 Å². The first-order chi connectivity index (χ1) is 7.75. The number of rotatable bonds is 5. The third-order valence-electron chi connectivity index (χ3n) is 2.28. The standard InChI is InChI=1S/C10H14N4OS/c1-7-8(2)16-10(13-7)5-11-4-3-9-12-6-15-14-9/h6,11H,3-5H2,1-2H3. The first-order valence-corrected chi connectivity index (χ1v) is 5.96. The quantitative estimate of drug-likeness (QED) is 0.799. The van der Waals surface area contributed by atoms with E-state index in [9.17, 15) is 0 Å². The van der Waals surface area contributed by atoms with Crippen LogP contribution in [0.2, 0.25) is 0 Å². The van der Waals surface area contributed by atoms with Gasteiger partial charge in [0.2, 0.25) is 6.39 Å². The highest BCUT2D eigenvalue weighted by Crippen LogP contribution is 2.15. The molecule has 0 aliphatic carbocycles. The van der Waals surface area contributed by atoms with Gasteiger partial charge in [-0.25, -0.2) is 4.98 Å². The van der Waals surface area contributed by atoms with Gasteiger partial charge in [0.05, 0.1) is 5.69 Å². The topological polar surface area (TPSA) is 63.8 Å². The summed E-state index contributed by atoms with van der Waals surface area (Å²) >= 11 is 1.74. The Hall–Kier alpha value is -1.27. The van der Waals surface area contributed by atoms with Crippen LogP contribution < -0.4 is 5.32 Å². The lowest BCUT2D eigenvalue weighted by atomic mass is 10.4. The lowest BCUT2D eigenvalue weighted by Crippen LogP contribution is -2.17. The van der Waals surface area contributed by atoms with E-state index in [1.807, 2.05) is 6.92 Å². The van der Waals surface area contributed by atoms with Gasteiger partial charge < -0.3 is 9.84 Å². The molecule has 0 saturated carbocycles. The van der Waals surface area contributed by atoms with Crippen LogP contribution in [0.15, 0.2) is 10.9 Å². The second-order valence-corrected chi connectivity index (χ2v) is 4.81. The van der Waals surface area contributed by atoms with Crippen LogP contribution in [0.4, 0.5) is 0 Å². The zero-order valence-corrected chi connectivity index (χ0v) is 10.2. The number of aryl methyl sites for hydroxylation is 2. The SMILES string of the molecule is Cc1nc(CNCCc2ncon2)sc1C.